The quantitative estimate of drug-likeness (QED) is 0.627. The van der Waals surface area contributed by atoms with E-state index < -0.39 is 0 Å². The summed E-state index contributed by atoms with van der Waals surface area (Å²) in [7, 11) is 0. The highest BCUT2D eigenvalue weighted by atomic mass is 14.3. The lowest BCUT2D eigenvalue weighted by atomic mass is 9.89. The molecule has 2 unspecified atom stereocenters. The summed E-state index contributed by atoms with van der Waals surface area (Å²) in [5, 5.41) is 0. The average molecular weight is 186 g/mol. The Balaban J connectivity index is 2.29. The van der Waals surface area contributed by atoms with Crippen LogP contribution in [-0.4, -0.2) is 0 Å². The molecular formula is C14H18. The van der Waals surface area contributed by atoms with E-state index in [-0.39, 0.29) is 0 Å². The zero-order chi connectivity index (χ0) is 9.97. The molecule has 2 atom stereocenters. The molecule has 0 aliphatic heterocycles. The number of hydrogen-bond acceptors (Lipinski definition) is 0. The molecule has 0 fully saturated rings. The van der Waals surface area contributed by atoms with Crippen LogP contribution in [0, 0.1) is 5.92 Å². The van der Waals surface area contributed by atoms with Crippen LogP contribution in [0.3, 0.4) is 0 Å². The maximum absolute atomic E-state index is 3.97. The van der Waals surface area contributed by atoms with Gasteiger partial charge in [0.1, 0.15) is 0 Å². The van der Waals surface area contributed by atoms with Gasteiger partial charge in [-0.05, 0) is 29.9 Å². The van der Waals surface area contributed by atoms with Crippen molar-refractivity contribution in [3.05, 3.63) is 48.0 Å². The Morgan fingerprint density at radius 1 is 1.43 bits per heavy atom. The van der Waals surface area contributed by atoms with Crippen LogP contribution in [0.5, 0.6) is 0 Å². The van der Waals surface area contributed by atoms with Gasteiger partial charge >= 0.3 is 0 Å². The van der Waals surface area contributed by atoms with Crippen molar-refractivity contribution in [2.24, 2.45) is 5.92 Å². The molecule has 0 bridgehead atoms. The largest absolute Gasteiger partial charge is 0.102 e. The van der Waals surface area contributed by atoms with Crippen molar-refractivity contribution in [3.63, 3.8) is 0 Å². The van der Waals surface area contributed by atoms with E-state index in [0.717, 1.165) is 5.92 Å². The fourth-order valence-electron chi connectivity index (χ4n) is 2.68. The third-order valence-corrected chi connectivity index (χ3v) is 3.32. The highest BCUT2D eigenvalue weighted by Gasteiger charge is 2.28. The maximum atomic E-state index is 3.97. The third kappa shape index (κ3) is 1.50. The molecule has 0 aromatic heterocycles. The van der Waals surface area contributed by atoms with Gasteiger partial charge in [-0.3, -0.25) is 0 Å². The first-order valence-corrected chi connectivity index (χ1v) is 5.57. The Morgan fingerprint density at radius 3 is 2.93 bits per heavy atom. The summed E-state index contributed by atoms with van der Waals surface area (Å²) in [4.78, 5) is 0. The second kappa shape index (κ2) is 4.00. The van der Waals surface area contributed by atoms with E-state index in [1.807, 2.05) is 0 Å². The predicted octanol–water partition coefficient (Wildman–Crippen LogP) is 3.93. The number of hydrogen-bond donors (Lipinski definition) is 0. The Hall–Kier alpha value is -1.04. The van der Waals surface area contributed by atoms with Gasteiger partial charge in [0.15, 0.2) is 0 Å². The molecule has 1 aliphatic rings. The fraction of sp³-hybridized carbons (Fsp3) is 0.429. The van der Waals surface area contributed by atoms with Crippen molar-refractivity contribution in [2.45, 2.75) is 32.1 Å². The summed E-state index contributed by atoms with van der Waals surface area (Å²) in [5.41, 5.74) is 3.05. The topological polar surface area (TPSA) is 0 Å². The summed E-state index contributed by atoms with van der Waals surface area (Å²) >= 11 is 0. The highest BCUT2D eigenvalue weighted by molar-refractivity contribution is 5.38. The second-order valence-corrected chi connectivity index (χ2v) is 4.21. The van der Waals surface area contributed by atoms with Gasteiger partial charge in [-0.15, -0.1) is 6.58 Å². The van der Waals surface area contributed by atoms with Gasteiger partial charge < -0.3 is 0 Å². The van der Waals surface area contributed by atoms with Gasteiger partial charge in [0.25, 0.3) is 0 Å². The summed E-state index contributed by atoms with van der Waals surface area (Å²) in [5.74, 6) is 1.40. The maximum Gasteiger partial charge on any atom is 0.00494 e. The number of fused-ring (bicyclic) bond motifs is 1. The molecule has 0 N–H and O–H groups in total. The van der Waals surface area contributed by atoms with Crippen LogP contribution < -0.4 is 0 Å². The van der Waals surface area contributed by atoms with E-state index in [9.17, 15) is 0 Å². The zero-order valence-electron chi connectivity index (χ0n) is 8.87. The molecule has 1 aromatic carbocycles. The van der Waals surface area contributed by atoms with Crippen LogP contribution in [0.25, 0.3) is 0 Å². The predicted molar refractivity (Wildman–Crippen MR) is 61.5 cm³/mol. The van der Waals surface area contributed by atoms with Crippen LogP contribution in [0.1, 0.15) is 36.8 Å². The highest BCUT2D eigenvalue weighted by Crippen LogP contribution is 2.40. The normalized spacial score (nSPS) is 24.6. The first-order chi connectivity index (χ1) is 6.86. The zero-order valence-corrected chi connectivity index (χ0v) is 8.87. The lowest BCUT2D eigenvalue weighted by Crippen LogP contribution is -2.04. The van der Waals surface area contributed by atoms with Gasteiger partial charge in [-0.25, -0.2) is 0 Å². The van der Waals surface area contributed by atoms with Gasteiger partial charge in [0.05, 0.1) is 0 Å². The second-order valence-electron chi connectivity index (χ2n) is 4.21. The first-order valence-electron chi connectivity index (χ1n) is 5.57. The fourth-order valence-corrected chi connectivity index (χ4v) is 2.68. The lowest BCUT2D eigenvalue weighted by molar-refractivity contribution is 0.468. The summed E-state index contributed by atoms with van der Waals surface area (Å²) < 4.78 is 0. The Bertz CT molecular complexity index is 325. The molecule has 1 aliphatic carbocycles. The van der Waals surface area contributed by atoms with Crippen LogP contribution in [-0.2, 0) is 6.42 Å². The van der Waals surface area contributed by atoms with Crippen molar-refractivity contribution in [2.75, 3.05) is 0 Å². The van der Waals surface area contributed by atoms with E-state index in [4.69, 9.17) is 0 Å². The number of allylic oxidation sites excluding steroid dienone is 1. The van der Waals surface area contributed by atoms with Crippen molar-refractivity contribution in [1.29, 1.82) is 0 Å². The molecule has 0 saturated carbocycles. The van der Waals surface area contributed by atoms with Gasteiger partial charge in [0.2, 0.25) is 0 Å². The van der Waals surface area contributed by atoms with E-state index in [1.165, 1.54) is 30.4 Å². The Labute approximate surface area is 86.7 Å². The molecular weight excluding hydrogens is 168 g/mol. The molecule has 14 heavy (non-hydrogen) atoms. The molecule has 0 amide bonds. The SMILES string of the molecule is C=CC1c2ccccc2CC1CCC. The molecule has 74 valence electrons. The molecule has 0 saturated heterocycles. The smallest absolute Gasteiger partial charge is 0.00494 e. The first kappa shape index (κ1) is 9.51. The van der Waals surface area contributed by atoms with Crippen LogP contribution in [0.2, 0.25) is 0 Å². The van der Waals surface area contributed by atoms with E-state index >= 15 is 0 Å². The molecule has 1 aromatic rings. The number of benzene rings is 1. The monoisotopic (exact) mass is 186 g/mol. The van der Waals surface area contributed by atoms with E-state index in [2.05, 4.69) is 43.8 Å². The molecule has 0 heteroatoms. The van der Waals surface area contributed by atoms with Gasteiger partial charge in [-0.2, -0.15) is 0 Å². The Morgan fingerprint density at radius 2 is 2.21 bits per heavy atom. The van der Waals surface area contributed by atoms with Crippen molar-refractivity contribution in [3.8, 4) is 0 Å². The van der Waals surface area contributed by atoms with Crippen molar-refractivity contribution in [1.82, 2.24) is 0 Å². The average Bonchev–Trinajstić information content (AvgIpc) is 2.55. The van der Waals surface area contributed by atoms with Crippen LogP contribution in [0.4, 0.5) is 0 Å². The van der Waals surface area contributed by atoms with Gasteiger partial charge in [-0.1, -0.05) is 43.7 Å². The minimum absolute atomic E-state index is 0.603. The molecule has 0 radical (unpaired) electrons. The van der Waals surface area contributed by atoms with E-state index in [0.29, 0.717) is 5.92 Å². The Kier molecular flexibility index (Phi) is 2.72. The van der Waals surface area contributed by atoms with Crippen molar-refractivity contribution >= 4 is 0 Å². The number of rotatable bonds is 3. The standard InChI is InChI=1S/C14H18/c1-3-7-11-10-12-8-5-6-9-14(12)13(11)4-2/h4-6,8-9,11,13H,2-3,7,10H2,1H3. The summed E-state index contributed by atoms with van der Waals surface area (Å²) in [6, 6.07) is 8.82. The third-order valence-electron chi connectivity index (χ3n) is 3.32. The van der Waals surface area contributed by atoms with E-state index in [1.54, 1.807) is 0 Å². The summed E-state index contributed by atoms with van der Waals surface area (Å²) in [6.45, 7) is 6.24. The van der Waals surface area contributed by atoms with Crippen molar-refractivity contribution < 1.29 is 0 Å². The minimum Gasteiger partial charge on any atom is -0.102 e. The summed E-state index contributed by atoms with van der Waals surface area (Å²) in [6.07, 6.45) is 5.99. The van der Waals surface area contributed by atoms with Crippen LogP contribution in [0.15, 0.2) is 36.9 Å². The molecule has 0 spiro atoms. The lowest BCUT2D eigenvalue weighted by Gasteiger charge is -2.15. The molecule has 2 rings (SSSR count). The van der Waals surface area contributed by atoms with Crippen LogP contribution >= 0.6 is 0 Å². The molecule has 0 heterocycles. The minimum atomic E-state index is 0.603. The molecule has 0 nitrogen and oxygen atoms in total. The van der Waals surface area contributed by atoms with Gasteiger partial charge in [0, 0.05) is 5.92 Å².